The predicted octanol–water partition coefficient (Wildman–Crippen LogP) is 3.45. The molecule has 2 atom stereocenters. The summed E-state index contributed by atoms with van der Waals surface area (Å²) in [6.45, 7) is 6.23. The van der Waals surface area contributed by atoms with Crippen molar-refractivity contribution in [3.05, 3.63) is 23.7 Å². The van der Waals surface area contributed by atoms with Gasteiger partial charge in [-0.3, -0.25) is 0 Å². The SMILES string of the molecule is CCCC(C)CC(O)c1ccc(C)o1. The summed E-state index contributed by atoms with van der Waals surface area (Å²) < 4.78 is 5.37. The molecule has 0 aliphatic rings. The molecule has 1 heterocycles. The van der Waals surface area contributed by atoms with E-state index in [2.05, 4.69) is 13.8 Å². The van der Waals surface area contributed by atoms with E-state index in [0.29, 0.717) is 11.7 Å². The van der Waals surface area contributed by atoms with E-state index >= 15 is 0 Å². The Bertz CT molecular complexity index is 265. The third-order valence-electron chi connectivity index (χ3n) is 2.50. The van der Waals surface area contributed by atoms with Gasteiger partial charge in [-0.05, 0) is 31.4 Å². The maximum absolute atomic E-state index is 9.84. The Kier molecular flexibility index (Phi) is 4.21. The minimum atomic E-state index is -0.440. The van der Waals surface area contributed by atoms with E-state index < -0.39 is 6.10 Å². The number of hydrogen-bond donors (Lipinski definition) is 1. The standard InChI is InChI=1S/C12H20O2/c1-4-5-9(2)8-11(13)12-7-6-10(3)14-12/h6-7,9,11,13H,4-5,8H2,1-3H3. The topological polar surface area (TPSA) is 33.4 Å². The van der Waals surface area contributed by atoms with Crippen LogP contribution in [0.2, 0.25) is 0 Å². The van der Waals surface area contributed by atoms with Crippen LogP contribution in [0.1, 0.15) is 50.7 Å². The summed E-state index contributed by atoms with van der Waals surface area (Å²) in [5.74, 6) is 2.12. The molecule has 0 bridgehead atoms. The molecule has 2 unspecified atom stereocenters. The molecule has 1 aromatic heterocycles. The van der Waals surface area contributed by atoms with Crippen molar-refractivity contribution in [2.45, 2.75) is 46.1 Å². The average molecular weight is 196 g/mol. The van der Waals surface area contributed by atoms with Crippen LogP contribution in [-0.4, -0.2) is 5.11 Å². The largest absolute Gasteiger partial charge is 0.464 e. The Morgan fingerprint density at radius 1 is 1.43 bits per heavy atom. The molecule has 0 amide bonds. The number of aliphatic hydroxyl groups is 1. The molecule has 2 nitrogen and oxygen atoms in total. The zero-order valence-corrected chi connectivity index (χ0v) is 9.29. The van der Waals surface area contributed by atoms with Gasteiger partial charge in [-0.1, -0.05) is 26.7 Å². The highest BCUT2D eigenvalue weighted by Gasteiger charge is 2.14. The van der Waals surface area contributed by atoms with E-state index in [1.165, 1.54) is 6.42 Å². The number of aliphatic hydroxyl groups excluding tert-OH is 1. The van der Waals surface area contributed by atoms with Crippen molar-refractivity contribution in [1.29, 1.82) is 0 Å². The molecule has 1 rings (SSSR count). The molecule has 2 heteroatoms. The fraction of sp³-hybridized carbons (Fsp3) is 0.667. The van der Waals surface area contributed by atoms with Gasteiger partial charge >= 0.3 is 0 Å². The Labute approximate surface area is 85.9 Å². The molecule has 1 N–H and O–H groups in total. The van der Waals surface area contributed by atoms with E-state index in [-0.39, 0.29) is 0 Å². The molecular formula is C12H20O2. The summed E-state index contributed by atoms with van der Waals surface area (Å²) in [5, 5.41) is 9.84. The summed E-state index contributed by atoms with van der Waals surface area (Å²) in [6.07, 6.45) is 2.69. The van der Waals surface area contributed by atoms with Crippen LogP contribution in [0.5, 0.6) is 0 Å². The van der Waals surface area contributed by atoms with Crippen LogP contribution in [-0.2, 0) is 0 Å². The van der Waals surface area contributed by atoms with Gasteiger partial charge in [0.05, 0.1) is 0 Å². The van der Waals surface area contributed by atoms with Crippen molar-refractivity contribution in [2.75, 3.05) is 0 Å². The highest BCUT2D eigenvalue weighted by Crippen LogP contribution is 2.24. The van der Waals surface area contributed by atoms with E-state index in [1.807, 2.05) is 19.1 Å². The highest BCUT2D eigenvalue weighted by atomic mass is 16.4. The number of furan rings is 1. The molecule has 0 fully saturated rings. The Balaban J connectivity index is 2.45. The van der Waals surface area contributed by atoms with Crippen molar-refractivity contribution < 1.29 is 9.52 Å². The molecule has 0 saturated carbocycles. The zero-order valence-electron chi connectivity index (χ0n) is 9.29. The zero-order chi connectivity index (χ0) is 10.6. The van der Waals surface area contributed by atoms with Crippen molar-refractivity contribution in [1.82, 2.24) is 0 Å². The molecule has 0 radical (unpaired) electrons. The second-order valence-corrected chi connectivity index (χ2v) is 4.09. The molecule has 0 aliphatic carbocycles. The van der Waals surface area contributed by atoms with Crippen LogP contribution < -0.4 is 0 Å². The lowest BCUT2D eigenvalue weighted by molar-refractivity contribution is 0.119. The molecule has 14 heavy (non-hydrogen) atoms. The van der Waals surface area contributed by atoms with Gasteiger partial charge in [0.1, 0.15) is 17.6 Å². The van der Waals surface area contributed by atoms with Gasteiger partial charge in [0.2, 0.25) is 0 Å². The molecular weight excluding hydrogens is 176 g/mol. The maximum Gasteiger partial charge on any atom is 0.132 e. The van der Waals surface area contributed by atoms with Crippen molar-refractivity contribution in [3.63, 3.8) is 0 Å². The first kappa shape index (κ1) is 11.3. The van der Waals surface area contributed by atoms with Gasteiger partial charge in [0.25, 0.3) is 0 Å². The van der Waals surface area contributed by atoms with E-state index in [0.717, 1.165) is 18.6 Å². The Morgan fingerprint density at radius 2 is 2.14 bits per heavy atom. The van der Waals surface area contributed by atoms with Crippen LogP contribution in [0.3, 0.4) is 0 Å². The van der Waals surface area contributed by atoms with E-state index in [4.69, 9.17) is 4.42 Å². The van der Waals surface area contributed by atoms with Gasteiger partial charge in [-0.2, -0.15) is 0 Å². The molecule has 0 spiro atoms. The monoisotopic (exact) mass is 196 g/mol. The van der Waals surface area contributed by atoms with Gasteiger partial charge < -0.3 is 9.52 Å². The van der Waals surface area contributed by atoms with Crippen LogP contribution >= 0.6 is 0 Å². The Morgan fingerprint density at radius 3 is 2.64 bits per heavy atom. The van der Waals surface area contributed by atoms with Crippen molar-refractivity contribution in [2.24, 2.45) is 5.92 Å². The van der Waals surface area contributed by atoms with Gasteiger partial charge in [0, 0.05) is 0 Å². The van der Waals surface area contributed by atoms with Crippen LogP contribution in [0, 0.1) is 12.8 Å². The first-order valence-corrected chi connectivity index (χ1v) is 5.38. The molecule has 0 aliphatic heterocycles. The summed E-state index contributed by atoms with van der Waals surface area (Å²) in [6, 6.07) is 3.75. The number of hydrogen-bond acceptors (Lipinski definition) is 2. The third-order valence-corrected chi connectivity index (χ3v) is 2.50. The normalized spacial score (nSPS) is 15.4. The minimum absolute atomic E-state index is 0.440. The third kappa shape index (κ3) is 3.18. The van der Waals surface area contributed by atoms with Crippen molar-refractivity contribution in [3.8, 4) is 0 Å². The summed E-state index contributed by atoms with van der Waals surface area (Å²) in [7, 11) is 0. The second-order valence-electron chi connectivity index (χ2n) is 4.09. The van der Waals surface area contributed by atoms with E-state index in [9.17, 15) is 5.11 Å². The summed E-state index contributed by atoms with van der Waals surface area (Å²) in [4.78, 5) is 0. The van der Waals surface area contributed by atoms with E-state index in [1.54, 1.807) is 0 Å². The lowest BCUT2D eigenvalue weighted by atomic mass is 9.98. The average Bonchev–Trinajstić information content (AvgIpc) is 2.52. The maximum atomic E-state index is 9.84. The highest BCUT2D eigenvalue weighted by molar-refractivity contribution is 5.07. The second kappa shape index (κ2) is 5.20. The fourth-order valence-electron chi connectivity index (χ4n) is 1.74. The molecule has 1 aromatic rings. The van der Waals surface area contributed by atoms with Crippen LogP contribution in [0.25, 0.3) is 0 Å². The first-order chi connectivity index (χ1) is 6.63. The van der Waals surface area contributed by atoms with Gasteiger partial charge in [-0.25, -0.2) is 0 Å². The van der Waals surface area contributed by atoms with Gasteiger partial charge in [0.15, 0.2) is 0 Å². The van der Waals surface area contributed by atoms with Crippen LogP contribution in [0.15, 0.2) is 16.5 Å². The lowest BCUT2D eigenvalue weighted by Crippen LogP contribution is -2.03. The van der Waals surface area contributed by atoms with Crippen LogP contribution in [0.4, 0.5) is 0 Å². The van der Waals surface area contributed by atoms with Crippen molar-refractivity contribution >= 4 is 0 Å². The minimum Gasteiger partial charge on any atom is -0.464 e. The molecule has 0 saturated heterocycles. The van der Waals surface area contributed by atoms with Gasteiger partial charge in [-0.15, -0.1) is 0 Å². The first-order valence-electron chi connectivity index (χ1n) is 5.38. The summed E-state index contributed by atoms with van der Waals surface area (Å²) in [5.41, 5.74) is 0. The number of rotatable bonds is 5. The molecule has 80 valence electrons. The number of aryl methyl sites for hydroxylation is 1. The smallest absolute Gasteiger partial charge is 0.132 e. The summed E-state index contributed by atoms with van der Waals surface area (Å²) >= 11 is 0. The Hall–Kier alpha value is -0.760. The predicted molar refractivity (Wildman–Crippen MR) is 57.1 cm³/mol. The fourth-order valence-corrected chi connectivity index (χ4v) is 1.74. The molecule has 0 aromatic carbocycles. The lowest BCUT2D eigenvalue weighted by Gasteiger charge is -2.13. The quantitative estimate of drug-likeness (QED) is 0.782.